The largest absolute Gasteiger partial charge is 0.135 e. The van der Waals surface area contributed by atoms with Crippen molar-refractivity contribution in [2.24, 2.45) is 0 Å². The summed E-state index contributed by atoms with van der Waals surface area (Å²) in [5.41, 5.74) is 8.05. The third-order valence-electron chi connectivity index (χ3n) is 6.23. The maximum atomic E-state index is 2.34. The Bertz CT molecular complexity index is 1590. The Labute approximate surface area is 172 Å². The van der Waals surface area contributed by atoms with Gasteiger partial charge in [-0.25, -0.2) is 0 Å². The maximum Gasteiger partial charge on any atom is 0.0440 e. The zero-order chi connectivity index (χ0) is 18.9. The summed E-state index contributed by atoms with van der Waals surface area (Å²) in [6, 6.07) is 35.7. The lowest BCUT2D eigenvalue weighted by Gasteiger charge is -2.12. The molecule has 6 aromatic rings. The molecule has 0 saturated heterocycles. The lowest BCUT2D eigenvalue weighted by atomic mass is 9.92. The van der Waals surface area contributed by atoms with Crippen molar-refractivity contribution >= 4 is 42.3 Å². The average Bonchev–Trinajstić information content (AvgIpc) is 3.11. The molecule has 0 spiro atoms. The molecule has 1 heterocycles. The van der Waals surface area contributed by atoms with E-state index in [1.54, 1.807) is 0 Å². The van der Waals surface area contributed by atoms with Gasteiger partial charge in [0.05, 0.1) is 0 Å². The summed E-state index contributed by atoms with van der Waals surface area (Å²) in [6.07, 6.45) is 0. The molecule has 0 radical (unpaired) electrons. The third-order valence-corrected chi connectivity index (χ3v) is 7.43. The van der Waals surface area contributed by atoms with Crippen LogP contribution in [0.15, 0.2) is 97.1 Å². The molecule has 1 heteroatoms. The number of fused-ring (bicyclic) bond motifs is 9. The number of rotatable bonds is 0. The summed E-state index contributed by atoms with van der Waals surface area (Å²) in [5, 5.41) is 5.38. The first kappa shape index (κ1) is 15.5. The highest BCUT2D eigenvalue weighted by atomic mass is 32.1. The second-order valence-electron chi connectivity index (χ2n) is 7.72. The summed E-state index contributed by atoms with van der Waals surface area (Å²) in [5.74, 6) is 0. The van der Waals surface area contributed by atoms with Crippen molar-refractivity contribution in [2.45, 2.75) is 0 Å². The molecule has 0 saturated carbocycles. The number of hydrogen-bond acceptors (Lipinski definition) is 1. The Balaban J connectivity index is 1.78. The van der Waals surface area contributed by atoms with Crippen molar-refractivity contribution in [2.75, 3.05) is 0 Å². The van der Waals surface area contributed by atoms with Crippen molar-refractivity contribution in [3.05, 3.63) is 97.1 Å². The highest BCUT2D eigenvalue weighted by Crippen LogP contribution is 2.51. The summed E-state index contributed by atoms with van der Waals surface area (Å²) in [6.45, 7) is 0. The second-order valence-corrected chi connectivity index (χ2v) is 8.77. The quantitative estimate of drug-likeness (QED) is 0.246. The van der Waals surface area contributed by atoms with Crippen LogP contribution in [0.5, 0.6) is 0 Å². The molecule has 0 bridgehead atoms. The minimum Gasteiger partial charge on any atom is -0.135 e. The molecule has 134 valence electrons. The molecular formula is C28H16S. The van der Waals surface area contributed by atoms with Gasteiger partial charge in [-0.3, -0.25) is 0 Å². The van der Waals surface area contributed by atoms with Crippen LogP contribution < -0.4 is 0 Å². The van der Waals surface area contributed by atoms with Crippen molar-refractivity contribution in [3.63, 3.8) is 0 Å². The standard InChI is InChI=1S/C28H16S/c1-2-11-21-18(9-1)20-12-5-7-17-8-6-13-22(26(17)20)23-15-16-24-19-10-3-4-14-25(19)29-28(24)27(21)23/h1-16H. The van der Waals surface area contributed by atoms with E-state index >= 15 is 0 Å². The predicted molar refractivity (Wildman–Crippen MR) is 127 cm³/mol. The Morgan fingerprint density at radius 2 is 1.14 bits per heavy atom. The molecule has 0 aliphatic heterocycles. The van der Waals surface area contributed by atoms with Crippen LogP contribution in [0.4, 0.5) is 0 Å². The van der Waals surface area contributed by atoms with Crippen molar-refractivity contribution in [1.29, 1.82) is 0 Å². The Morgan fingerprint density at radius 3 is 2.00 bits per heavy atom. The molecule has 0 fully saturated rings. The Hall–Kier alpha value is -3.42. The van der Waals surface area contributed by atoms with E-state index in [2.05, 4.69) is 97.1 Å². The highest BCUT2D eigenvalue weighted by Gasteiger charge is 2.23. The first-order chi connectivity index (χ1) is 14.4. The average molecular weight is 385 g/mol. The van der Waals surface area contributed by atoms with E-state index in [1.807, 2.05) is 11.3 Å². The van der Waals surface area contributed by atoms with E-state index < -0.39 is 0 Å². The molecular weight excluding hydrogens is 368 g/mol. The van der Waals surface area contributed by atoms with E-state index in [-0.39, 0.29) is 0 Å². The van der Waals surface area contributed by atoms with Gasteiger partial charge in [0.15, 0.2) is 0 Å². The van der Waals surface area contributed by atoms with Gasteiger partial charge in [-0.1, -0.05) is 91.0 Å². The minimum atomic E-state index is 1.30. The van der Waals surface area contributed by atoms with Crippen molar-refractivity contribution < 1.29 is 0 Å². The lowest BCUT2D eigenvalue weighted by Crippen LogP contribution is -1.85. The van der Waals surface area contributed by atoms with Gasteiger partial charge in [0.2, 0.25) is 0 Å². The van der Waals surface area contributed by atoms with E-state index in [4.69, 9.17) is 0 Å². The van der Waals surface area contributed by atoms with Gasteiger partial charge in [0, 0.05) is 25.7 Å². The van der Waals surface area contributed by atoms with Gasteiger partial charge < -0.3 is 0 Å². The van der Waals surface area contributed by atoms with Crippen LogP contribution >= 0.6 is 11.3 Å². The predicted octanol–water partition coefficient (Wildman–Crippen LogP) is 8.52. The molecule has 0 unspecified atom stereocenters. The van der Waals surface area contributed by atoms with Crippen molar-refractivity contribution in [3.8, 4) is 33.4 Å². The molecule has 0 nitrogen and oxygen atoms in total. The van der Waals surface area contributed by atoms with Crippen LogP contribution in [0, 0.1) is 0 Å². The van der Waals surface area contributed by atoms with Crippen LogP contribution in [-0.2, 0) is 0 Å². The molecule has 7 rings (SSSR count). The zero-order valence-corrected chi connectivity index (χ0v) is 16.5. The fourth-order valence-electron chi connectivity index (χ4n) is 5.01. The lowest BCUT2D eigenvalue weighted by molar-refractivity contribution is 1.66. The van der Waals surface area contributed by atoms with Crippen LogP contribution in [0.2, 0.25) is 0 Å². The fourth-order valence-corrected chi connectivity index (χ4v) is 6.27. The molecule has 0 amide bonds. The van der Waals surface area contributed by atoms with Gasteiger partial charge in [0.1, 0.15) is 0 Å². The molecule has 0 N–H and O–H groups in total. The van der Waals surface area contributed by atoms with Gasteiger partial charge in [-0.15, -0.1) is 11.3 Å². The van der Waals surface area contributed by atoms with Crippen LogP contribution in [0.25, 0.3) is 64.3 Å². The normalized spacial score (nSPS) is 12.1. The van der Waals surface area contributed by atoms with Crippen LogP contribution in [0.3, 0.4) is 0 Å². The summed E-state index contributed by atoms with van der Waals surface area (Å²) < 4.78 is 2.74. The molecule has 1 aliphatic carbocycles. The van der Waals surface area contributed by atoms with Gasteiger partial charge in [-0.2, -0.15) is 0 Å². The monoisotopic (exact) mass is 384 g/mol. The maximum absolute atomic E-state index is 2.34. The topological polar surface area (TPSA) is 0 Å². The van der Waals surface area contributed by atoms with E-state index in [9.17, 15) is 0 Å². The first-order valence-electron chi connectivity index (χ1n) is 9.96. The van der Waals surface area contributed by atoms with E-state index in [0.29, 0.717) is 0 Å². The first-order valence-corrected chi connectivity index (χ1v) is 10.8. The van der Waals surface area contributed by atoms with Gasteiger partial charge >= 0.3 is 0 Å². The third kappa shape index (κ3) is 1.98. The smallest absolute Gasteiger partial charge is 0.0440 e. The van der Waals surface area contributed by atoms with Crippen LogP contribution in [-0.4, -0.2) is 0 Å². The highest BCUT2D eigenvalue weighted by molar-refractivity contribution is 7.26. The Kier molecular flexibility index (Phi) is 2.97. The van der Waals surface area contributed by atoms with Gasteiger partial charge in [0.25, 0.3) is 0 Å². The summed E-state index contributed by atoms with van der Waals surface area (Å²) in [7, 11) is 0. The Morgan fingerprint density at radius 1 is 0.448 bits per heavy atom. The van der Waals surface area contributed by atoms with Crippen molar-refractivity contribution in [1.82, 2.24) is 0 Å². The molecule has 5 aromatic carbocycles. The SMILES string of the molecule is c1ccc2c(c1)-c1c(ccc3c1sc1ccccc13)-c1cccc3cccc-2c13. The summed E-state index contributed by atoms with van der Waals surface area (Å²) >= 11 is 1.92. The summed E-state index contributed by atoms with van der Waals surface area (Å²) in [4.78, 5) is 0. The van der Waals surface area contributed by atoms with Gasteiger partial charge in [-0.05, 0) is 44.7 Å². The van der Waals surface area contributed by atoms with E-state index in [0.717, 1.165) is 0 Å². The molecule has 1 aliphatic rings. The number of benzene rings is 5. The second kappa shape index (κ2) is 5.56. The molecule has 0 atom stereocenters. The molecule has 29 heavy (non-hydrogen) atoms. The number of hydrogen-bond donors (Lipinski definition) is 0. The minimum absolute atomic E-state index is 1.30. The zero-order valence-electron chi connectivity index (χ0n) is 15.6. The number of thiophene rings is 1. The fraction of sp³-hybridized carbons (Fsp3) is 0. The van der Waals surface area contributed by atoms with Crippen LogP contribution in [0.1, 0.15) is 0 Å². The van der Waals surface area contributed by atoms with E-state index in [1.165, 1.54) is 64.3 Å². The molecule has 1 aromatic heterocycles.